The average Bonchev–Trinajstić information content (AvgIpc) is 3.05. The van der Waals surface area contributed by atoms with E-state index in [0.717, 1.165) is 36.4 Å². The van der Waals surface area contributed by atoms with E-state index in [1.54, 1.807) is 6.07 Å². The summed E-state index contributed by atoms with van der Waals surface area (Å²) >= 11 is 0. The zero-order valence-corrected chi connectivity index (χ0v) is 19.1. The van der Waals surface area contributed by atoms with Gasteiger partial charge in [-0.15, -0.1) is 0 Å². The van der Waals surface area contributed by atoms with Crippen LogP contribution in [0.4, 0.5) is 14.6 Å². The summed E-state index contributed by atoms with van der Waals surface area (Å²) in [5.74, 6) is -0.618. The zero-order chi connectivity index (χ0) is 24.0. The summed E-state index contributed by atoms with van der Waals surface area (Å²) in [6.07, 6.45) is 5.42. The van der Waals surface area contributed by atoms with Gasteiger partial charge in [-0.05, 0) is 85.1 Å². The van der Waals surface area contributed by atoms with Crippen molar-refractivity contribution in [2.75, 3.05) is 5.32 Å². The van der Waals surface area contributed by atoms with Gasteiger partial charge in [-0.1, -0.05) is 19.1 Å². The van der Waals surface area contributed by atoms with Gasteiger partial charge >= 0.3 is 0 Å². The Kier molecular flexibility index (Phi) is 5.74. The van der Waals surface area contributed by atoms with E-state index in [-0.39, 0.29) is 53.4 Å². The van der Waals surface area contributed by atoms with Crippen LogP contribution in [-0.4, -0.2) is 21.8 Å². The summed E-state index contributed by atoms with van der Waals surface area (Å²) in [6.45, 7) is 1.99. The molecule has 3 aliphatic carbocycles. The van der Waals surface area contributed by atoms with Crippen molar-refractivity contribution in [1.29, 1.82) is 0 Å². The van der Waals surface area contributed by atoms with E-state index >= 15 is 0 Å². The number of aliphatic hydroxyl groups excluding tert-OH is 1. The highest BCUT2D eigenvalue weighted by molar-refractivity contribution is 6.03. The van der Waals surface area contributed by atoms with Gasteiger partial charge in [-0.25, -0.2) is 13.8 Å². The van der Waals surface area contributed by atoms with E-state index in [4.69, 9.17) is 0 Å². The minimum atomic E-state index is -0.597. The highest BCUT2D eigenvalue weighted by Crippen LogP contribution is 2.63. The van der Waals surface area contributed by atoms with Crippen molar-refractivity contribution in [3.8, 4) is 0 Å². The third kappa shape index (κ3) is 3.62. The Hall–Kier alpha value is -3.09. The molecular weight excluding hydrogens is 438 g/mol. The number of hydrogen-bond donors (Lipinski definition) is 2. The van der Waals surface area contributed by atoms with E-state index in [0.29, 0.717) is 24.8 Å². The second kappa shape index (κ2) is 8.60. The first-order chi connectivity index (χ1) is 16.3. The molecule has 0 spiro atoms. The van der Waals surface area contributed by atoms with Gasteiger partial charge in [-0.3, -0.25) is 9.59 Å². The monoisotopic (exact) mass is 466 g/mol. The number of allylic oxidation sites excluding steroid dienone is 1. The number of carbonyl (C=O) groups is 2. The van der Waals surface area contributed by atoms with E-state index in [2.05, 4.69) is 10.3 Å². The molecule has 178 valence electrons. The number of pyridine rings is 1. The van der Waals surface area contributed by atoms with Crippen LogP contribution in [0.1, 0.15) is 56.1 Å². The standard InChI is InChI=1S/C27H28F2N2O3/c1-27-12-11-17-16-3-2-4-22(29)18(16)6-7-19(17)25(27)20(21(14-32)26(27)34)8-10-24(33)31-23-9-5-15(28)13-30-23/h2-5,9,13-14,17,19-20,25,32H,6-8,10-12H2,1H3,(H,30,31,33)/b21-14-/t17?,19?,20-,25?,27+/m1/s1. The van der Waals surface area contributed by atoms with Crippen LogP contribution in [0.2, 0.25) is 0 Å². The molecule has 2 saturated carbocycles. The number of Topliss-reactive ketones (excluding diaryl/α,β-unsaturated/α-hetero) is 1. The van der Waals surface area contributed by atoms with E-state index in [9.17, 15) is 23.5 Å². The number of benzene rings is 1. The van der Waals surface area contributed by atoms with Gasteiger partial charge < -0.3 is 10.4 Å². The predicted octanol–water partition coefficient (Wildman–Crippen LogP) is 5.48. The first kappa shape index (κ1) is 22.7. The molecule has 34 heavy (non-hydrogen) atoms. The normalized spacial score (nSPS) is 31.0. The number of nitrogens with one attached hydrogen (secondary N) is 1. The number of anilines is 1. The largest absolute Gasteiger partial charge is 0.515 e. The van der Waals surface area contributed by atoms with Crippen molar-refractivity contribution in [1.82, 2.24) is 4.98 Å². The van der Waals surface area contributed by atoms with Gasteiger partial charge in [-0.2, -0.15) is 0 Å². The van der Waals surface area contributed by atoms with Crippen molar-refractivity contribution < 1.29 is 23.5 Å². The molecule has 2 aromatic rings. The van der Waals surface area contributed by atoms with Gasteiger partial charge in [0.2, 0.25) is 5.91 Å². The van der Waals surface area contributed by atoms with Crippen molar-refractivity contribution in [2.24, 2.45) is 23.2 Å². The van der Waals surface area contributed by atoms with Gasteiger partial charge in [0.05, 0.1) is 12.5 Å². The maximum Gasteiger partial charge on any atom is 0.225 e. The second-order valence-corrected chi connectivity index (χ2v) is 10.1. The molecule has 3 unspecified atom stereocenters. The maximum absolute atomic E-state index is 14.5. The molecule has 5 atom stereocenters. The molecule has 2 N–H and O–H groups in total. The highest BCUT2D eigenvalue weighted by atomic mass is 19.1. The summed E-state index contributed by atoms with van der Waals surface area (Å²) in [4.78, 5) is 29.9. The Morgan fingerprint density at radius 1 is 1.26 bits per heavy atom. The Balaban J connectivity index is 1.40. The Morgan fingerprint density at radius 3 is 2.82 bits per heavy atom. The summed E-state index contributed by atoms with van der Waals surface area (Å²) in [7, 11) is 0. The van der Waals surface area contributed by atoms with E-state index in [1.165, 1.54) is 18.2 Å². The minimum absolute atomic E-state index is 0.0229. The Morgan fingerprint density at radius 2 is 2.09 bits per heavy atom. The molecule has 0 aliphatic heterocycles. The Bertz CT molecular complexity index is 1160. The molecule has 5 rings (SSSR count). The van der Waals surface area contributed by atoms with Gasteiger partial charge in [0.1, 0.15) is 17.5 Å². The summed E-state index contributed by atoms with van der Waals surface area (Å²) in [5, 5.41) is 12.7. The van der Waals surface area contributed by atoms with Gasteiger partial charge in [0, 0.05) is 17.4 Å². The first-order valence-electron chi connectivity index (χ1n) is 11.9. The molecule has 1 aromatic heterocycles. The topological polar surface area (TPSA) is 79.3 Å². The number of carbonyl (C=O) groups excluding carboxylic acids is 2. The Labute approximate surface area is 197 Å². The minimum Gasteiger partial charge on any atom is -0.515 e. The van der Waals surface area contributed by atoms with Crippen molar-refractivity contribution in [3.05, 3.63) is 71.1 Å². The average molecular weight is 467 g/mol. The molecule has 0 saturated heterocycles. The summed E-state index contributed by atoms with van der Waals surface area (Å²) < 4.78 is 27.6. The number of ketones is 1. The molecular formula is C27H28F2N2O3. The van der Waals surface area contributed by atoms with Gasteiger partial charge in [0.15, 0.2) is 5.78 Å². The van der Waals surface area contributed by atoms with Crippen molar-refractivity contribution >= 4 is 17.5 Å². The number of hydrogen-bond acceptors (Lipinski definition) is 4. The lowest BCUT2D eigenvalue weighted by atomic mass is 9.54. The van der Waals surface area contributed by atoms with Crippen molar-refractivity contribution in [3.63, 3.8) is 0 Å². The van der Waals surface area contributed by atoms with Gasteiger partial charge in [0.25, 0.3) is 0 Å². The van der Waals surface area contributed by atoms with Crippen LogP contribution in [0.5, 0.6) is 0 Å². The fraction of sp³-hybridized carbons (Fsp3) is 0.444. The predicted molar refractivity (Wildman–Crippen MR) is 123 cm³/mol. The zero-order valence-electron chi connectivity index (χ0n) is 19.1. The van der Waals surface area contributed by atoms with Crippen LogP contribution in [-0.2, 0) is 16.0 Å². The molecule has 3 aliphatic rings. The molecule has 1 aromatic carbocycles. The van der Waals surface area contributed by atoms with Crippen molar-refractivity contribution in [2.45, 2.75) is 51.4 Å². The van der Waals surface area contributed by atoms with Crippen LogP contribution in [0.3, 0.4) is 0 Å². The summed E-state index contributed by atoms with van der Waals surface area (Å²) in [6, 6.07) is 7.90. The van der Waals surface area contributed by atoms with Crippen LogP contribution >= 0.6 is 0 Å². The molecule has 2 fully saturated rings. The molecule has 1 heterocycles. The maximum atomic E-state index is 14.5. The molecule has 7 heteroatoms. The third-order valence-electron chi connectivity index (χ3n) is 8.40. The highest BCUT2D eigenvalue weighted by Gasteiger charge is 2.60. The number of aliphatic hydroxyl groups is 1. The number of fused-ring (bicyclic) bond motifs is 5. The summed E-state index contributed by atoms with van der Waals surface area (Å²) in [5.41, 5.74) is 1.63. The molecule has 1 amide bonds. The van der Waals surface area contributed by atoms with E-state index in [1.807, 2.05) is 13.0 Å². The lowest BCUT2D eigenvalue weighted by molar-refractivity contribution is -0.127. The lowest BCUT2D eigenvalue weighted by Gasteiger charge is -2.49. The molecule has 5 nitrogen and oxygen atoms in total. The number of nitrogens with zero attached hydrogens (tertiary/aromatic N) is 1. The van der Waals surface area contributed by atoms with Crippen LogP contribution in [0.15, 0.2) is 48.4 Å². The number of aromatic nitrogens is 1. The molecule has 0 bridgehead atoms. The van der Waals surface area contributed by atoms with Crippen LogP contribution in [0.25, 0.3) is 0 Å². The number of halogens is 2. The smallest absolute Gasteiger partial charge is 0.225 e. The third-order valence-corrected chi connectivity index (χ3v) is 8.40. The fourth-order valence-corrected chi connectivity index (χ4v) is 6.95. The number of rotatable bonds is 4. The molecule has 0 radical (unpaired) electrons. The first-order valence-corrected chi connectivity index (χ1v) is 11.9. The fourth-order valence-electron chi connectivity index (χ4n) is 6.95. The van der Waals surface area contributed by atoms with E-state index < -0.39 is 11.2 Å². The SMILES string of the molecule is C[C@]12CCC3c4cccc(F)c4CCC3C1[C@H](CCC(=O)Nc1ccc(F)cn1)/C(=C/O)C2=O. The second-order valence-electron chi connectivity index (χ2n) is 10.1. The van der Waals surface area contributed by atoms with Crippen LogP contribution in [0, 0.1) is 34.8 Å². The lowest BCUT2D eigenvalue weighted by Crippen LogP contribution is -2.44. The quantitative estimate of drug-likeness (QED) is 0.462. The van der Waals surface area contributed by atoms with Crippen LogP contribution < -0.4 is 5.32 Å². The number of amides is 1.